The lowest BCUT2D eigenvalue weighted by molar-refractivity contribution is 0.0160. The Morgan fingerprint density at radius 3 is 2.70 bits per heavy atom. The number of hydrogen-bond acceptors (Lipinski definition) is 2. The van der Waals surface area contributed by atoms with Gasteiger partial charge in [0.2, 0.25) is 0 Å². The number of hydrogen-bond donors (Lipinski definition) is 0. The van der Waals surface area contributed by atoms with Gasteiger partial charge < -0.3 is 4.74 Å². The zero-order valence-electron chi connectivity index (χ0n) is 12.6. The van der Waals surface area contributed by atoms with E-state index in [1.165, 1.54) is 24.9 Å². The molecule has 0 radical (unpaired) electrons. The Bertz CT molecular complexity index is 487. The molecule has 0 amide bonds. The van der Waals surface area contributed by atoms with Crippen molar-refractivity contribution < 1.29 is 4.74 Å². The maximum atomic E-state index is 6.31. The van der Waals surface area contributed by atoms with Crippen molar-refractivity contribution in [2.75, 3.05) is 13.1 Å². The molecule has 2 heteroatoms. The monoisotopic (exact) mass is 271 g/mol. The Balaban J connectivity index is 1.47. The molecule has 0 N–H and O–H groups in total. The van der Waals surface area contributed by atoms with E-state index in [-0.39, 0.29) is 0 Å². The van der Waals surface area contributed by atoms with Crippen molar-refractivity contribution in [2.24, 2.45) is 17.8 Å². The summed E-state index contributed by atoms with van der Waals surface area (Å²) in [5.41, 5.74) is 1.73. The van der Waals surface area contributed by atoms with Crippen molar-refractivity contribution in [3.63, 3.8) is 0 Å². The van der Waals surface area contributed by atoms with Crippen LogP contribution >= 0.6 is 0 Å². The van der Waals surface area contributed by atoms with Crippen LogP contribution in [0, 0.1) is 17.8 Å². The van der Waals surface area contributed by atoms with Gasteiger partial charge in [-0.25, -0.2) is 0 Å². The van der Waals surface area contributed by atoms with Crippen LogP contribution in [0.2, 0.25) is 0 Å². The molecule has 108 valence electrons. The third-order valence-corrected chi connectivity index (χ3v) is 6.32. The topological polar surface area (TPSA) is 12.5 Å². The second-order valence-electron chi connectivity index (χ2n) is 7.23. The van der Waals surface area contributed by atoms with Crippen molar-refractivity contribution in [3.05, 3.63) is 35.9 Å². The van der Waals surface area contributed by atoms with Gasteiger partial charge in [-0.2, -0.15) is 0 Å². The maximum absolute atomic E-state index is 6.31. The Hall–Kier alpha value is -0.860. The highest BCUT2D eigenvalue weighted by Gasteiger charge is 2.63. The SMILES string of the molecule is C[C@@H]1CN2C[C@H](OCc3ccccc3)[C@H]3CC[C@@H]1[C@]32C. The standard InChI is InChI=1S/C18H25NO/c1-13-10-19-11-17(16-9-8-15(13)18(16,19)2)20-12-14-6-4-3-5-7-14/h3-7,13,15-17H,8-12H2,1-2H3/t13-,15+,16-,17+,18-/m1/s1. The van der Waals surface area contributed by atoms with Crippen molar-refractivity contribution >= 4 is 0 Å². The number of nitrogens with zero attached hydrogens (tertiary/aromatic N) is 1. The molecule has 5 atom stereocenters. The van der Waals surface area contributed by atoms with E-state index in [2.05, 4.69) is 49.1 Å². The summed E-state index contributed by atoms with van der Waals surface area (Å²) in [6.07, 6.45) is 3.21. The highest BCUT2D eigenvalue weighted by atomic mass is 16.5. The van der Waals surface area contributed by atoms with E-state index < -0.39 is 0 Å². The van der Waals surface area contributed by atoms with E-state index in [9.17, 15) is 0 Å². The van der Waals surface area contributed by atoms with E-state index in [0.717, 1.165) is 30.9 Å². The molecular weight excluding hydrogens is 246 g/mol. The minimum Gasteiger partial charge on any atom is -0.372 e. The lowest BCUT2D eigenvalue weighted by atomic mass is 9.80. The average molecular weight is 271 g/mol. The van der Waals surface area contributed by atoms with Crippen molar-refractivity contribution in [1.29, 1.82) is 0 Å². The van der Waals surface area contributed by atoms with Crippen LogP contribution in [0.15, 0.2) is 30.3 Å². The molecular formula is C18H25NO. The van der Waals surface area contributed by atoms with Gasteiger partial charge in [0.15, 0.2) is 0 Å². The fraction of sp³-hybridized carbons (Fsp3) is 0.667. The molecule has 20 heavy (non-hydrogen) atoms. The lowest BCUT2D eigenvalue weighted by Crippen LogP contribution is -2.41. The quantitative estimate of drug-likeness (QED) is 0.836. The molecule has 4 rings (SSSR count). The van der Waals surface area contributed by atoms with Gasteiger partial charge in [-0.05, 0) is 37.2 Å². The molecule has 0 bridgehead atoms. The summed E-state index contributed by atoms with van der Waals surface area (Å²) in [5, 5.41) is 0. The van der Waals surface area contributed by atoms with E-state index in [1.807, 2.05) is 0 Å². The molecule has 1 saturated carbocycles. The van der Waals surface area contributed by atoms with E-state index in [0.29, 0.717) is 11.6 Å². The van der Waals surface area contributed by atoms with Gasteiger partial charge in [-0.3, -0.25) is 4.90 Å². The molecule has 2 nitrogen and oxygen atoms in total. The first-order valence-electron chi connectivity index (χ1n) is 8.10. The number of rotatable bonds is 3. The Morgan fingerprint density at radius 2 is 1.90 bits per heavy atom. The zero-order chi connectivity index (χ0) is 13.7. The Labute approximate surface area is 122 Å². The van der Waals surface area contributed by atoms with Crippen LogP contribution < -0.4 is 0 Å². The summed E-state index contributed by atoms with van der Waals surface area (Å²) in [6.45, 7) is 8.14. The van der Waals surface area contributed by atoms with Gasteiger partial charge in [0.25, 0.3) is 0 Å². The first-order chi connectivity index (χ1) is 9.69. The highest BCUT2D eigenvalue weighted by molar-refractivity contribution is 5.17. The highest BCUT2D eigenvalue weighted by Crippen LogP contribution is 2.57. The molecule has 1 aliphatic carbocycles. The molecule has 0 unspecified atom stereocenters. The van der Waals surface area contributed by atoms with Gasteiger partial charge in [-0.15, -0.1) is 0 Å². The average Bonchev–Trinajstić information content (AvgIpc) is 3.02. The van der Waals surface area contributed by atoms with Crippen molar-refractivity contribution in [1.82, 2.24) is 4.90 Å². The van der Waals surface area contributed by atoms with Crippen LogP contribution in [0.3, 0.4) is 0 Å². The molecule has 3 aliphatic rings. The van der Waals surface area contributed by atoms with Crippen LogP contribution in [0.5, 0.6) is 0 Å². The van der Waals surface area contributed by atoms with E-state index >= 15 is 0 Å². The van der Waals surface area contributed by atoms with E-state index in [4.69, 9.17) is 4.74 Å². The third kappa shape index (κ3) is 1.71. The van der Waals surface area contributed by atoms with Crippen LogP contribution in [0.4, 0.5) is 0 Å². The van der Waals surface area contributed by atoms with Gasteiger partial charge in [0.1, 0.15) is 0 Å². The Morgan fingerprint density at radius 1 is 1.15 bits per heavy atom. The first-order valence-corrected chi connectivity index (χ1v) is 8.10. The molecule has 0 spiro atoms. The summed E-state index contributed by atoms with van der Waals surface area (Å²) < 4.78 is 6.31. The second kappa shape index (κ2) is 4.57. The molecule has 1 aromatic rings. The Kier molecular flexibility index (Phi) is 2.94. The fourth-order valence-corrected chi connectivity index (χ4v) is 5.34. The van der Waals surface area contributed by atoms with Gasteiger partial charge in [0, 0.05) is 24.5 Å². The van der Waals surface area contributed by atoms with E-state index in [1.54, 1.807) is 0 Å². The molecule has 2 saturated heterocycles. The predicted molar refractivity (Wildman–Crippen MR) is 80.4 cm³/mol. The van der Waals surface area contributed by atoms with Crippen LogP contribution in [0.1, 0.15) is 32.3 Å². The molecule has 0 aromatic heterocycles. The summed E-state index contributed by atoms with van der Waals surface area (Å²) in [4.78, 5) is 2.73. The summed E-state index contributed by atoms with van der Waals surface area (Å²) in [6, 6.07) is 10.6. The van der Waals surface area contributed by atoms with Gasteiger partial charge in [-0.1, -0.05) is 37.3 Å². The number of benzene rings is 1. The van der Waals surface area contributed by atoms with Crippen molar-refractivity contribution in [3.8, 4) is 0 Å². The van der Waals surface area contributed by atoms with Crippen LogP contribution in [-0.4, -0.2) is 29.6 Å². The van der Waals surface area contributed by atoms with Gasteiger partial charge >= 0.3 is 0 Å². The lowest BCUT2D eigenvalue weighted by Gasteiger charge is -2.32. The van der Waals surface area contributed by atoms with Gasteiger partial charge in [0.05, 0.1) is 12.7 Å². The fourth-order valence-electron chi connectivity index (χ4n) is 5.34. The third-order valence-electron chi connectivity index (χ3n) is 6.32. The molecule has 1 aromatic carbocycles. The smallest absolute Gasteiger partial charge is 0.0752 e. The van der Waals surface area contributed by atoms with Crippen molar-refractivity contribution in [2.45, 2.75) is 44.9 Å². The second-order valence-corrected chi connectivity index (χ2v) is 7.23. The number of ether oxygens (including phenoxy) is 1. The summed E-state index contributed by atoms with van der Waals surface area (Å²) in [5.74, 6) is 2.53. The largest absolute Gasteiger partial charge is 0.372 e. The zero-order valence-corrected chi connectivity index (χ0v) is 12.6. The van der Waals surface area contributed by atoms with Crippen LogP contribution in [0.25, 0.3) is 0 Å². The normalized spacial score (nSPS) is 43.1. The summed E-state index contributed by atoms with van der Waals surface area (Å²) in [7, 11) is 0. The summed E-state index contributed by atoms with van der Waals surface area (Å²) >= 11 is 0. The minimum atomic E-state index is 0.431. The maximum Gasteiger partial charge on any atom is 0.0752 e. The first kappa shape index (κ1) is 12.8. The molecule has 2 aliphatic heterocycles. The minimum absolute atomic E-state index is 0.431. The van der Waals surface area contributed by atoms with Crippen LogP contribution in [-0.2, 0) is 11.3 Å². The predicted octanol–water partition coefficient (Wildman–Crippen LogP) is 3.32. The molecule has 3 fully saturated rings. The molecule has 2 heterocycles.